The van der Waals surface area contributed by atoms with Gasteiger partial charge in [-0.1, -0.05) is 76.7 Å². The molecule has 0 spiro atoms. The van der Waals surface area contributed by atoms with Crippen molar-refractivity contribution in [2.45, 2.75) is 26.3 Å². The van der Waals surface area contributed by atoms with Gasteiger partial charge in [-0.15, -0.1) is 0 Å². The Kier molecular flexibility index (Phi) is 8.85. The molecule has 9 heteroatoms. The number of benzene rings is 3. The molecular weight excluding hydrogens is 604 g/mol. The fourth-order valence-corrected chi connectivity index (χ4v) is 6.06. The monoisotopic (exact) mass is 632 g/mol. The van der Waals surface area contributed by atoms with Crippen LogP contribution in [0.2, 0.25) is 0 Å². The Morgan fingerprint density at radius 3 is 2.51 bits per heavy atom. The molecule has 1 aromatic heterocycles. The molecule has 0 radical (unpaired) electrons. The van der Waals surface area contributed by atoms with Crippen LogP contribution in [0.5, 0.6) is 11.5 Å². The van der Waals surface area contributed by atoms with Gasteiger partial charge >= 0.3 is 5.97 Å². The van der Waals surface area contributed by atoms with Crippen molar-refractivity contribution in [2.24, 2.45) is 4.99 Å². The lowest BCUT2D eigenvalue weighted by Crippen LogP contribution is -2.40. The van der Waals surface area contributed by atoms with Crippen LogP contribution in [-0.2, 0) is 9.53 Å². The number of rotatable bonds is 9. The van der Waals surface area contributed by atoms with Crippen LogP contribution in [0.3, 0.4) is 0 Å². The van der Waals surface area contributed by atoms with Crippen molar-refractivity contribution in [3.05, 3.63) is 119 Å². The van der Waals surface area contributed by atoms with Gasteiger partial charge in [-0.2, -0.15) is 0 Å². The van der Waals surface area contributed by atoms with Gasteiger partial charge in [0.1, 0.15) is 17.5 Å². The quantitative estimate of drug-likeness (QED) is 0.228. The first-order valence-corrected chi connectivity index (χ1v) is 14.9. The zero-order chi connectivity index (χ0) is 28.9. The number of esters is 1. The van der Waals surface area contributed by atoms with E-state index in [9.17, 15) is 9.59 Å². The number of halogens is 1. The first-order chi connectivity index (χ1) is 19.9. The summed E-state index contributed by atoms with van der Waals surface area (Å²) in [7, 11) is 1.57. The first-order valence-electron chi connectivity index (χ1n) is 13.3. The maximum Gasteiger partial charge on any atom is 0.338 e. The standard InChI is InChI=1S/C32H29BrN2O5S/c1-4-17-40-23-14-11-20(12-15-23)18-26-30(36)35-29(24-19-22(33)13-16-25(24)38-3)27(31(37)39-5-2)28(34-32(35)41-26)21-9-7-6-8-10-21/h6-16,18-19,29H,4-5,17H2,1-3H3/b26-18+/t29-/m1/s1. The van der Waals surface area contributed by atoms with Gasteiger partial charge in [0.05, 0.1) is 36.1 Å². The third kappa shape index (κ3) is 5.92. The number of thiazole rings is 1. The lowest BCUT2D eigenvalue weighted by Gasteiger charge is -2.27. The molecule has 0 saturated heterocycles. The first kappa shape index (κ1) is 28.6. The summed E-state index contributed by atoms with van der Waals surface area (Å²) in [5.74, 6) is 0.768. The molecule has 0 N–H and O–H groups in total. The number of carbonyl (C=O) groups is 1. The molecule has 0 amide bonds. The summed E-state index contributed by atoms with van der Waals surface area (Å²) in [6.07, 6.45) is 2.75. The molecule has 41 heavy (non-hydrogen) atoms. The smallest absolute Gasteiger partial charge is 0.338 e. The molecule has 0 bridgehead atoms. The van der Waals surface area contributed by atoms with Gasteiger partial charge in [0.2, 0.25) is 0 Å². The summed E-state index contributed by atoms with van der Waals surface area (Å²) in [5.41, 5.74) is 2.70. The summed E-state index contributed by atoms with van der Waals surface area (Å²) in [6.45, 7) is 4.63. The normalized spacial score (nSPS) is 14.8. The summed E-state index contributed by atoms with van der Waals surface area (Å²) in [4.78, 5) is 33.1. The Labute approximate surface area is 250 Å². The highest BCUT2D eigenvalue weighted by molar-refractivity contribution is 9.10. The predicted molar refractivity (Wildman–Crippen MR) is 164 cm³/mol. The highest BCUT2D eigenvalue weighted by atomic mass is 79.9. The molecule has 5 rings (SSSR count). The Morgan fingerprint density at radius 1 is 1.07 bits per heavy atom. The van der Waals surface area contributed by atoms with Crippen molar-refractivity contribution in [3.8, 4) is 11.5 Å². The highest BCUT2D eigenvalue weighted by Crippen LogP contribution is 2.39. The number of nitrogens with zero attached hydrogens (tertiary/aromatic N) is 2. The molecule has 0 fully saturated rings. The zero-order valence-corrected chi connectivity index (χ0v) is 25.3. The second-order valence-corrected chi connectivity index (χ2v) is 11.2. The fourth-order valence-electron chi connectivity index (χ4n) is 4.69. The summed E-state index contributed by atoms with van der Waals surface area (Å²) in [5, 5.41) is 0. The highest BCUT2D eigenvalue weighted by Gasteiger charge is 2.36. The minimum atomic E-state index is -0.833. The number of aromatic nitrogens is 1. The molecule has 3 aromatic carbocycles. The number of ether oxygens (including phenoxy) is 3. The molecule has 1 aliphatic heterocycles. The Morgan fingerprint density at radius 2 is 1.83 bits per heavy atom. The SMILES string of the molecule is CCCOc1ccc(/C=c2/sc3n(c2=O)[C@H](c2cc(Br)ccc2OC)C(C(=O)OCC)=C(c2ccccc2)N=3)cc1. The second kappa shape index (κ2) is 12.7. The van der Waals surface area contributed by atoms with E-state index in [2.05, 4.69) is 22.9 Å². The van der Waals surface area contributed by atoms with Gasteiger partial charge in [-0.05, 0) is 55.3 Å². The van der Waals surface area contributed by atoms with Crippen LogP contribution in [0.1, 0.15) is 43.0 Å². The third-order valence-corrected chi connectivity index (χ3v) is 7.99. The summed E-state index contributed by atoms with van der Waals surface area (Å²) in [6, 6.07) is 21.8. The fraction of sp³-hybridized carbons (Fsp3) is 0.219. The maximum absolute atomic E-state index is 14.1. The molecule has 2 heterocycles. The number of fused-ring (bicyclic) bond motifs is 1. The van der Waals surface area contributed by atoms with Crippen molar-refractivity contribution >= 4 is 45.0 Å². The Balaban J connectivity index is 1.78. The number of methoxy groups -OCH3 is 1. The topological polar surface area (TPSA) is 79.1 Å². The van der Waals surface area contributed by atoms with E-state index < -0.39 is 12.0 Å². The number of hydrogen-bond donors (Lipinski definition) is 0. The summed E-state index contributed by atoms with van der Waals surface area (Å²) < 4.78 is 19.8. The van der Waals surface area contributed by atoms with Crippen molar-refractivity contribution in [3.63, 3.8) is 0 Å². The lowest BCUT2D eigenvalue weighted by atomic mass is 9.92. The van der Waals surface area contributed by atoms with Crippen molar-refractivity contribution in [1.82, 2.24) is 4.57 Å². The predicted octanol–water partition coefficient (Wildman–Crippen LogP) is 5.50. The van der Waals surface area contributed by atoms with Crippen LogP contribution >= 0.6 is 27.3 Å². The minimum absolute atomic E-state index is 0.176. The largest absolute Gasteiger partial charge is 0.496 e. The van der Waals surface area contributed by atoms with E-state index in [1.165, 1.54) is 11.3 Å². The number of carbonyl (C=O) groups excluding carboxylic acids is 1. The van der Waals surface area contributed by atoms with E-state index in [-0.39, 0.29) is 17.7 Å². The molecule has 0 aliphatic carbocycles. The lowest BCUT2D eigenvalue weighted by molar-refractivity contribution is -0.138. The van der Waals surface area contributed by atoms with E-state index >= 15 is 0 Å². The third-order valence-electron chi connectivity index (χ3n) is 6.51. The van der Waals surface area contributed by atoms with E-state index in [0.29, 0.717) is 33.0 Å². The van der Waals surface area contributed by atoms with Gasteiger partial charge in [0, 0.05) is 15.6 Å². The van der Waals surface area contributed by atoms with Crippen LogP contribution in [0.15, 0.2) is 92.6 Å². The maximum atomic E-state index is 14.1. The molecule has 7 nitrogen and oxygen atoms in total. The Bertz CT molecular complexity index is 1780. The minimum Gasteiger partial charge on any atom is -0.496 e. The molecule has 1 aliphatic rings. The van der Waals surface area contributed by atoms with Gasteiger partial charge in [-0.3, -0.25) is 9.36 Å². The molecule has 0 saturated carbocycles. The average Bonchev–Trinajstić information content (AvgIpc) is 3.30. The van der Waals surface area contributed by atoms with E-state index in [1.807, 2.05) is 78.9 Å². The zero-order valence-electron chi connectivity index (χ0n) is 22.9. The van der Waals surface area contributed by atoms with Crippen LogP contribution < -0.4 is 24.4 Å². The van der Waals surface area contributed by atoms with Gasteiger partial charge in [0.15, 0.2) is 4.80 Å². The molecule has 210 valence electrons. The Hall–Kier alpha value is -3.95. The number of hydrogen-bond acceptors (Lipinski definition) is 7. The van der Waals surface area contributed by atoms with Crippen molar-refractivity contribution in [1.29, 1.82) is 0 Å². The molecule has 4 aromatic rings. The van der Waals surface area contributed by atoms with Gasteiger partial charge in [-0.25, -0.2) is 9.79 Å². The van der Waals surface area contributed by atoms with Crippen molar-refractivity contribution < 1.29 is 19.0 Å². The second-order valence-electron chi connectivity index (χ2n) is 9.24. The van der Waals surface area contributed by atoms with E-state index in [4.69, 9.17) is 19.2 Å². The van der Waals surface area contributed by atoms with Crippen LogP contribution in [-0.4, -0.2) is 30.9 Å². The van der Waals surface area contributed by atoms with Crippen LogP contribution in [0.4, 0.5) is 0 Å². The van der Waals surface area contributed by atoms with Crippen LogP contribution in [0.25, 0.3) is 11.8 Å². The summed E-state index contributed by atoms with van der Waals surface area (Å²) >= 11 is 4.83. The average molecular weight is 634 g/mol. The van der Waals surface area contributed by atoms with E-state index in [1.54, 1.807) is 18.6 Å². The molecule has 1 atom stereocenters. The van der Waals surface area contributed by atoms with Crippen LogP contribution in [0, 0.1) is 0 Å². The molecular formula is C32H29BrN2O5S. The van der Waals surface area contributed by atoms with Gasteiger partial charge < -0.3 is 14.2 Å². The van der Waals surface area contributed by atoms with E-state index in [0.717, 1.165) is 27.8 Å². The van der Waals surface area contributed by atoms with Crippen molar-refractivity contribution in [2.75, 3.05) is 20.3 Å². The molecule has 0 unspecified atom stereocenters. The van der Waals surface area contributed by atoms with Gasteiger partial charge in [0.25, 0.3) is 5.56 Å².